The topological polar surface area (TPSA) is 64.4 Å². The van der Waals surface area contributed by atoms with Gasteiger partial charge in [-0.05, 0) is 60.7 Å². The summed E-state index contributed by atoms with van der Waals surface area (Å²) in [5.41, 5.74) is 3.84. The van der Waals surface area contributed by atoms with Crippen LogP contribution in [0.4, 0.5) is 5.69 Å². The summed E-state index contributed by atoms with van der Waals surface area (Å²) in [4.78, 5) is 11.3. The maximum Gasteiger partial charge on any atom is 0.174 e. The van der Waals surface area contributed by atoms with Gasteiger partial charge in [0.1, 0.15) is 17.5 Å². The molecule has 0 unspecified atom stereocenters. The number of thiocarbonyl (C=S) groups is 1. The SMILES string of the molecule is COc1ccc(N2C(=S)N[C@@H](c3ccccn3)[C@@H]2c2cccn2Cc2ccccn2)c(OC)c1. The van der Waals surface area contributed by atoms with Crippen molar-refractivity contribution in [3.05, 3.63) is 102 Å². The maximum atomic E-state index is 5.87. The van der Waals surface area contributed by atoms with Crippen molar-refractivity contribution >= 4 is 23.0 Å². The van der Waals surface area contributed by atoms with Gasteiger partial charge in [0.2, 0.25) is 0 Å². The molecule has 1 aliphatic heterocycles. The van der Waals surface area contributed by atoms with Crippen LogP contribution in [0.3, 0.4) is 0 Å². The number of benzene rings is 1. The molecule has 4 aromatic rings. The number of pyridine rings is 2. The first-order chi connectivity index (χ1) is 16.7. The molecule has 1 aromatic carbocycles. The number of nitrogens with zero attached hydrogens (tertiary/aromatic N) is 4. The lowest BCUT2D eigenvalue weighted by atomic mass is 10.0. The summed E-state index contributed by atoms with van der Waals surface area (Å²) in [6.07, 6.45) is 5.70. The Labute approximate surface area is 204 Å². The average molecular weight is 472 g/mol. The second-order valence-electron chi connectivity index (χ2n) is 7.92. The quantitative estimate of drug-likeness (QED) is 0.398. The van der Waals surface area contributed by atoms with Crippen LogP contribution in [-0.4, -0.2) is 33.9 Å². The normalized spacial score (nSPS) is 17.5. The molecule has 172 valence electrons. The number of rotatable bonds is 7. The van der Waals surface area contributed by atoms with Crippen LogP contribution in [0.25, 0.3) is 0 Å². The highest BCUT2D eigenvalue weighted by molar-refractivity contribution is 7.80. The van der Waals surface area contributed by atoms with E-state index in [0.29, 0.717) is 17.4 Å². The van der Waals surface area contributed by atoms with Gasteiger partial charge >= 0.3 is 0 Å². The Morgan fingerprint density at radius 1 is 0.941 bits per heavy atom. The fourth-order valence-corrected chi connectivity index (χ4v) is 4.74. The lowest BCUT2D eigenvalue weighted by Crippen LogP contribution is -2.30. The Balaban J connectivity index is 1.63. The summed E-state index contributed by atoms with van der Waals surface area (Å²) < 4.78 is 13.4. The van der Waals surface area contributed by atoms with Crippen LogP contribution in [0.1, 0.15) is 29.2 Å². The zero-order chi connectivity index (χ0) is 23.5. The average Bonchev–Trinajstić information content (AvgIpc) is 3.48. The fraction of sp³-hybridized carbons (Fsp3) is 0.192. The lowest BCUT2D eigenvalue weighted by molar-refractivity contribution is 0.394. The number of methoxy groups -OCH3 is 2. The number of ether oxygens (including phenoxy) is 2. The molecule has 1 aliphatic rings. The van der Waals surface area contributed by atoms with Gasteiger partial charge in [0.25, 0.3) is 0 Å². The number of hydrogen-bond acceptors (Lipinski definition) is 5. The monoisotopic (exact) mass is 471 g/mol. The molecule has 0 amide bonds. The lowest BCUT2D eigenvalue weighted by Gasteiger charge is -2.30. The Kier molecular flexibility index (Phi) is 6.14. The van der Waals surface area contributed by atoms with E-state index in [9.17, 15) is 0 Å². The van der Waals surface area contributed by atoms with E-state index < -0.39 is 0 Å². The van der Waals surface area contributed by atoms with Crippen molar-refractivity contribution in [3.8, 4) is 11.5 Å². The van der Waals surface area contributed by atoms with Crippen molar-refractivity contribution in [2.75, 3.05) is 19.1 Å². The molecule has 34 heavy (non-hydrogen) atoms. The molecule has 1 fully saturated rings. The van der Waals surface area contributed by atoms with E-state index in [1.807, 2.05) is 60.8 Å². The van der Waals surface area contributed by atoms with E-state index in [1.54, 1.807) is 20.4 Å². The Bertz CT molecular complexity index is 1280. The van der Waals surface area contributed by atoms with Crippen LogP contribution in [-0.2, 0) is 6.54 Å². The Morgan fingerprint density at radius 3 is 2.47 bits per heavy atom. The largest absolute Gasteiger partial charge is 0.497 e. The number of hydrogen-bond donors (Lipinski definition) is 1. The van der Waals surface area contributed by atoms with Crippen molar-refractivity contribution in [3.63, 3.8) is 0 Å². The highest BCUT2D eigenvalue weighted by atomic mass is 32.1. The summed E-state index contributed by atoms with van der Waals surface area (Å²) >= 11 is 5.87. The summed E-state index contributed by atoms with van der Waals surface area (Å²) in [6.45, 7) is 0.648. The molecule has 2 atom stereocenters. The van der Waals surface area contributed by atoms with E-state index >= 15 is 0 Å². The highest BCUT2D eigenvalue weighted by Gasteiger charge is 2.43. The van der Waals surface area contributed by atoms with E-state index in [-0.39, 0.29) is 12.1 Å². The van der Waals surface area contributed by atoms with Crippen LogP contribution in [0.15, 0.2) is 85.3 Å². The second kappa shape index (κ2) is 9.52. The first-order valence-electron chi connectivity index (χ1n) is 11.0. The van der Waals surface area contributed by atoms with Gasteiger partial charge in [0.05, 0.1) is 43.9 Å². The number of anilines is 1. The van der Waals surface area contributed by atoms with Crippen LogP contribution in [0, 0.1) is 0 Å². The number of aromatic nitrogens is 3. The smallest absolute Gasteiger partial charge is 0.174 e. The predicted molar refractivity (Wildman–Crippen MR) is 135 cm³/mol. The van der Waals surface area contributed by atoms with E-state index in [0.717, 1.165) is 28.5 Å². The molecule has 0 spiro atoms. The van der Waals surface area contributed by atoms with Crippen molar-refractivity contribution in [2.45, 2.75) is 18.6 Å². The first-order valence-corrected chi connectivity index (χ1v) is 11.4. The summed E-state index contributed by atoms with van der Waals surface area (Å²) in [5, 5.41) is 4.11. The van der Waals surface area contributed by atoms with Crippen LogP contribution < -0.4 is 19.7 Å². The molecule has 0 saturated carbocycles. The first kappa shape index (κ1) is 21.9. The van der Waals surface area contributed by atoms with Gasteiger partial charge in [-0.1, -0.05) is 12.1 Å². The van der Waals surface area contributed by atoms with Crippen LogP contribution in [0.5, 0.6) is 11.5 Å². The maximum absolute atomic E-state index is 5.87. The van der Waals surface area contributed by atoms with E-state index in [4.69, 9.17) is 21.7 Å². The molecule has 7 nitrogen and oxygen atoms in total. The van der Waals surface area contributed by atoms with Gasteiger partial charge in [-0.15, -0.1) is 0 Å². The molecule has 0 radical (unpaired) electrons. The third-order valence-corrected chi connectivity index (χ3v) is 6.29. The van der Waals surface area contributed by atoms with E-state index in [1.165, 1.54) is 0 Å². The molecular weight excluding hydrogens is 446 g/mol. The van der Waals surface area contributed by atoms with Crippen molar-refractivity contribution < 1.29 is 9.47 Å². The standard InChI is InChI=1S/C26H25N5O2S/c1-32-19-11-12-21(23(16-19)33-2)31-25(24(29-26(31)34)20-9-4-6-14-28-20)22-10-7-15-30(22)17-18-8-3-5-13-27-18/h3-16,24-25H,17H2,1-2H3,(H,29,34)/t24-,25-/m0/s1. The molecule has 0 bridgehead atoms. The third kappa shape index (κ3) is 4.08. The minimum absolute atomic E-state index is 0.155. The molecule has 3 aromatic heterocycles. The predicted octanol–water partition coefficient (Wildman–Crippen LogP) is 4.52. The molecule has 1 saturated heterocycles. The minimum atomic E-state index is -0.164. The second-order valence-corrected chi connectivity index (χ2v) is 8.30. The summed E-state index contributed by atoms with van der Waals surface area (Å²) in [7, 11) is 3.29. The highest BCUT2D eigenvalue weighted by Crippen LogP contribution is 2.45. The number of nitrogens with one attached hydrogen (secondary N) is 1. The molecule has 1 N–H and O–H groups in total. The molecular formula is C26H25N5O2S. The van der Waals surface area contributed by atoms with Crippen molar-refractivity contribution in [1.82, 2.24) is 19.9 Å². The fourth-order valence-electron chi connectivity index (χ4n) is 4.40. The van der Waals surface area contributed by atoms with Crippen LogP contribution >= 0.6 is 12.2 Å². The van der Waals surface area contributed by atoms with E-state index in [2.05, 4.69) is 43.1 Å². The Hall–Kier alpha value is -3.91. The molecule has 0 aliphatic carbocycles. The summed E-state index contributed by atoms with van der Waals surface area (Å²) in [6, 6.07) is 21.5. The van der Waals surface area contributed by atoms with Gasteiger partial charge in [0, 0.05) is 30.4 Å². The van der Waals surface area contributed by atoms with Crippen molar-refractivity contribution in [1.29, 1.82) is 0 Å². The van der Waals surface area contributed by atoms with Gasteiger partial charge < -0.3 is 24.3 Å². The minimum Gasteiger partial charge on any atom is -0.497 e. The molecule has 5 rings (SSSR count). The van der Waals surface area contributed by atoms with Crippen molar-refractivity contribution in [2.24, 2.45) is 0 Å². The third-order valence-electron chi connectivity index (χ3n) is 5.97. The van der Waals surface area contributed by atoms with Gasteiger partial charge in [-0.3, -0.25) is 9.97 Å². The zero-order valence-electron chi connectivity index (χ0n) is 19.0. The zero-order valence-corrected chi connectivity index (χ0v) is 19.8. The summed E-state index contributed by atoms with van der Waals surface area (Å²) in [5.74, 6) is 1.40. The van der Waals surface area contributed by atoms with Gasteiger partial charge in [-0.2, -0.15) is 0 Å². The van der Waals surface area contributed by atoms with Gasteiger partial charge in [0.15, 0.2) is 5.11 Å². The van der Waals surface area contributed by atoms with Gasteiger partial charge in [-0.25, -0.2) is 0 Å². The molecule has 8 heteroatoms. The molecule has 4 heterocycles. The Morgan fingerprint density at radius 2 is 1.76 bits per heavy atom. The van der Waals surface area contributed by atoms with Crippen LogP contribution in [0.2, 0.25) is 0 Å².